The summed E-state index contributed by atoms with van der Waals surface area (Å²) in [6.07, 6.45) is -0.422. The van der Waals surface area contributed by atoms with E-state index in [1.54, 1.807) is 0 Å². The highest BCUT2D eigenvalue weighted by molar-refractivity contribution is 5.17. The molecule has 0 aromatic heterocycles. The van der Waals surface area contributed by atoms with E-state index in [0.717, 1.165) is 31.7 Å². The lowest BCUT2D eigenvalue weighted by Crippen LogP contribution is -2.47. The van der Waals surface area contributed by atoms with Crippen molar-refractivity contribution < 1.29 is 5.11 Å². The van der Waals surface area contributed by atoms with Gasteiger partial charge >= 0.3 is 0 Å². The maximum absolute atomic E-state index is 10.1. The highest BCUT2D eigenvalue weighted by Gasteiger charge is 2.19. The summed E-state index contributed by atoms with van der Waals surface area (Å²) in [4.78, 5) is 4.40. The molecule has 1 aromatic carbocycles. The molecule has 0 saturated carbocycles. The Morgan fingerprint density at radius 2 is 1.72 bits per heavy atom. The molecule has 4 heteroatoms. The first-order valence-electron chi connectivity index (χ1n) is 6.34. The topological polar surface area (TPSA) is 50.5 Å². The van der Waals surface area contributed by atoms with Crippen LogP contribution < -0.4 is 0 Å². The summed E-state index contributed by atoms with van der Waals surface area (Å²) in [6.45, 7) is 4.85. The third-order valence-corrected chi connectivity index (χ3v) is 3.37. The van der Waals surface area contributed by atoms with Crippen LogP contribution >= 0.6 is 0 Å². The Morgan fingerprint density at radius 1 is 1.11 bits per heavy atom. The number of nitrogens with zero attached hydrogens (tertiary/aromatic N) is 3. The molecule has 0 amide bonds. The van der Waals surface area contributed by atoms with E-state index in [1.165, 1.54) is 0 Å². The Balaban J connectivity index is 1.80. The molecule has 4 nitrogen and oxygen atoms in total. The first-order valence-corrected chi connectivity index (χ1v) is 6.34. The number of aliphatic hydroxyl groups excluding tert-OH is 1. The van der Waals surface area contributed by atoms with Crippen molar-refractivity contribution in [2.75, 3.05) is 39.3 Å². The van der Waals surface area contributed by atoms with Crippen LogP contribution in [-0.4, -0.2) is 54.2 Å². The summed E-state index contributed by atoms with van der Waals surface area (Å²) in [5, 5.41) is 18.8. The second-order valence-electron chi connectivity index (χ2n) is 4.66. The quantitative estimate of drug-likeness (QED) is 0.799. The molecule has 1 aromatic rings. The summed E-state index contributed by atoms with van der Waals surface area (Å²) in [5.41, 5.74) is 0.969. The van der Waals surface area contributed by atoms with Crippen LogP contribution in [0.25, 0.3) is 0 Å². The first kappa shape index (κ1) is 13.0. The average Bonchev–Trinajstić information content (AvgIpc) is 2.42. The van der Waals surface area contributed by atoms with Crippen molar-refractivity contribution in [3.8, 4) is 6.07 Å². The maximum Gasteiger partial charge on any atom is 0.0916 e. The van der Waals surface area contributed by atoms with Gasteiger partial charge in [0.05, 0.1) is 18.7 Å². The molecule has 1 fully saturated rings. The minimum absolute atomic E-state index is 0.422. The van der Waals surface area contributed by atoms with Crippen molar-refractivity contribution in [2.45, 2.75) is 6.10 Å². The first-order chi connectivity index (χ1) is 8.79. The van der Waals surface area contributed by atoms with Crippen LogP contribution in [0.1, 0.15) is 11.7 Å². The molecule has 2 rings (SSSR count). The number of nitriles is 1. The second kappa shape index (κ2) is 6.50. The molecule has 0 radical (unpaired) electrons. The van der Waals surface area contributed by atoms with Crippen LogP contribution in [0.3, 0.4) is 0 Å². The predicted octanol–water partition coefficient (Wildman–Crippen LogP) is 0.861. The predicted molar refractivity (Wildman–Crippen MR) is 69.9 cm³/mol. The molecule has 18 heavy (non-hydrogen) atoms. The average molecular weight is 245 g/mol. The fourth-order valence-electron chi connectivity index (χ4n) is 2.26. The Bertz CT molecular complexity index is 393. The molecular formula is C14H19N3O. The van der Waals surface area contributed by atoms with Gasteiger partial charge in [0.25, 0.3) is 0 Å². The van der Waals surface area contributed by atoms with Gasteiger partial charge in [-0.25, -0.2) is 0 Å². The van der Waals surface area contributed by atoms with Gasteiger partial charge in [-0.2, -0.15) is 5.26 Å². The lowest BCUT2D eigenvalue weighted by atomic mass is 10.1. The summed E-state index contributed by atoms with van der Waals surface area (Å²) in [7, 11) is 0. The minimum atomic E-state index is -0.422. The summed E-state index contributed by atoms with van der Waals surface area (Å²) in [5.74, 6) is 0. The molecule has 1 heterocycles. The van der Waals surface area contributed by atoms with E-state index in [1.807, 2.05) is 30.3 Å². The molecule has 96 valence electrons. The number of hydrogen-bond acceptors (Lipinski definition) is 4. The third kappa shape index (κ3) is 3.54. The maximum atomic E-state index is 10.1. The van der Waals surface area contributed by atoms with Gasteiger partial charge in [-0.15, -0.1) is 0 Å². The SMILES string of the molecule is N#CCN1CCN(CC(O)c2ccccc2)CC1. The summed E-state index contributed by atoms with van der Waals surface area (Å²) >= 11 is 0. The number of piperazine rings is 1. The van der Waals surface area contributed by atoms with Gasteiger partial charge < -0.3 is 5.11 Å². The van der Waals surface area contributed by atoms with Crippen LogP contribution in [-0.2, 0) is 0 Å². The number of benzene rings is 1. The third-order valence-electron chi connectivity index (χ3n) is 3.37. The fraction of sp³-hybridized carbons (Fsp3) is 0.500. The molecule has 1 N–H and O–H groups in total. The Kier molecular flexibility index (Phi) is 4.71. The molecule has 0 spiro atoms. The summed E-state index contributed by atoms with van der Waals surface area (Å²) < 4.78 is 0. The highest BCUT2D eigenvalue weighted by Crippen LogP contribution is 2.14. The van der Waals surface area contributed by atoms with E-state index in [9.17, 15) is 5.11 Å². The molecule has 1 aliphatic heterocycles. The number of β-amino-alcohol motifs (C(OH)–C–C–N with tert-alkyl or cyclic N) is 1. The van der Waals surface area contributed by atoms with Crippen LogP contribution in [0, 0.1) is 11.3 Å². The number of rotatable bonds is 4. The molecule has 1 atom stereocenters. The largest absolute Gasteiger partial charge is 0.387 e. The van der Waals surface area contributed by atoms with E-state index >= 15 is 0 Å². The van der Waals surface area contributed by atoms with Crippen molar-refractivity contribution in [1.82, 2.24) is 9.80 Å². The van der Waals surface area contributed by atoms with Gasteiger partial charge in [0.15, 0.2) is 0 Å². The van der Waals surface area contributed by atoms with Crippen LogP contribution in [0.5, 0.6) is 0 Å². The lowest BCUT2D eigenvalue weighted by Gasteiger charge is -2.34. The van der Waals surface area contributed by atoms with E-state index in [2.05, 4.69) is 15.9 Å². The van der Waals surface area contributed by atoms with Crippen LogP contribution in [0.4, 0.5) is 0 Å². The Morgan fingerprint density at radius 3 is 2.33 bits per heavy atom. The van der Waals surface area contributed by atoms with Crippen molar-refractivity contribution >= 4 is 0 Å². The van der Waals surface area contributed by atoms with Gasteiger partial charge in [-0.05, 0) is 5.56 Å². The lowest BCUT2D eigenvalue weighted by molar-refractivity contribution is 0.0768. The highest BCUT2D eigenvalue weighted by atomic mass is 16.3. The van der Waals surface area contributed by atoms with Crippen molar-refractivity contribution in [2.24, 2.45) is 0 Å². The van der Waals surface area contributed by atoms with E-state index < -0.39 is 6.10 Å². The molecule has 1 aliphatic rings. The zero-order valence-electron chi connectivity index (χ0n) is 10.5. The molecule has 0 aliphatic carbocycles. The Hall–Kier alpha value is -1.41. The van der Waals surface area contributed by atoms with E-state index in [4.69, 9.17) is 5.26 Å². The van der Waals surface area contributed by atoms with Crippen LogP contribution in [0.15, 0.2) is 30.3 Å². The monoisotopic (exact) mass is 245 g/mol. The second-order valence-corrected chi connectivity index (χ2v) is 4.66. The Labute approximate surface area is 108 Å². The van der Waals surface area contributed by atoms with Gasteiger partial charge in [-0.3, -0.25) is 9.80 Å². The van der Waals surface area contributed by atoms with E-state index in [-0.39, 0.29) is 0 Å². The van der Waals surface area contributed by atoms with Crippen LogP contribution in [0.2, 0.25) is 0 Å². The normalized spacial score (nSPS) is 19.3. The molecular weight excluding hydrogens is 226 g/mol. The fourth-order valence-corrected chi connectivity index (χ4v) is 2.26. The standard InChI is InChI=1S/C14H19N3O/c15-6-7-16-8-10-17(11-9-16)12-14(18)13-4-2-1-3-5-13/h1-5,14,18H,7-12H2. The molecule has 1 saturated heterocycles. The molecule has 1 unspecified atom stereocenters. The summed E-state index contributed by atoms with van der Waals surface area (Å²) in [6, 6.07) is 11.9. The van der Waals surface area contributed by atoms with Crippen molar-refractivity contribution in [3.63, 3.8) is 0 Å². The minimum Gasteiger partial charge on any atom is -0.387 e. The van der Waals surface area contributed by atoms with Crippen molar-refractivity contribution in [1.29, 1.82) is 5.26 Å². The van der Waals surface area contributed by atoms with Gasteiger partial charge in [0, 0.05) is 32.7 Å². The van der Waals surface area contributed by atoms with E-state index in [0.29, 0.717) is 13.1 Å². The number of hydrogen-bond donors (Lipinski definition) is 1. The zero-order valence-corrected chi connectivity index (χ0v) is 10.5. The van der Waals surface area contributed by atoms with Gasteiger partial charge in [-0.1, -0.05) is 30.3 Å². The number of aliphatic hydroxyl groups is 1. The van der Waals surface area contributed by atoms with Gasteiger partial charge in [0.1, 0.15) is 0 Å². The smallest absolute Gasteiger partial charge is 0.0916 e. The van der Waals surface area contributed by atoms with Crippen molar-refractivity contribution in [3.05, 3.63) is 35.9 Å². The van der Waals surface area contributed by atoms with Gasteiger partial charge in [0.2, 0.25) is 0 Å². The molecule has 0 bridgehead atoms. The zero-order chi connectivity index (χ0) is 12.8.